The van der Waals surface area contributed by atoms with Gasteiger partial charge in [-0.25, -0.2) is 15.0 Å². The summed E-state index contributed by atoms with van der Waals surface area (Å²) in [6.07, 6.45) is 0. The number of nitrogens with zero attached hydrogens (tertiary/aromatic N) is 3. The van der Waals surface area contributed by atoms with E-state index in [4.69, 9.17) is 31.7 Å². The molecule has 0 aliphatic heterocycles. The maximum atomic E-state index is 9.71. The van der Waals surface area contributed by atoms with Gasteiger partial charge in [-0.05, 0) is 69.0 Å². The quantitative estimate of drug-likeness (QED) is 0.184. The van der Waals surface area contributed by atoms with E-state index in [1.807, 2.05) is 84.9 Å². The summed E-state index contributed by atoms with van der Waals surface area (Å²) in [5, 5.41) is 4.54. The molecule has 0 N–H and O–H groups in total. The minimum absolute atomic E-state index is 0.0182. The lowest BCUT2D eigenvalue weighted by Gasteiger charge is -2.12. The van der Waals surface area contributed by atoms with E-state index >= 15 is 0 Å². The number of hydrogen-bond donors (Lipinski definition) is 0. The van der Waals surface area contributed by atoms with Gasteiger partial charge in [-0.3, -0.25) is 0 Å². The summed E-state index contributed by atoms with van der Waals surface area (Å²) in [5.74, 6) is 0.733. The van der Waals surface area contributed by atoms with Gasteiger partial charge in [-0.1, -0.05) is 127 Å². The fraction of sp³-hybridized carbons (Fsp3) is 0. The van der Waals surface area contributed by atoms with Crippen LogP contribution in [0.5, 0.6) is 0 Å². The van der Waals surface area contributed by atoms with Crippen molar-refractivity contribution in [2.45, 2.75) is 0 Å². The molecule has 0 saturated carbocycles. The van der Waals surface area contributed by atoms with Gasteiger partial charge in [0.1, 0.15) is 11.2 Å². The lowest BCUT2D eigenvalue weighted by Crippen LogP contribution is -2.01. The lowest BCUT2D eigenvalue weighted by molar-refractivity contribution is 0.669. The van der Waals surface area contributed by atoms with Crippen LogP contribution in [-0.4, -0.2) is 15.0 Å². The first kappa shape index (κ1) is 20.2. The predicted molar refractivity (Wildman–Crippen MR) is 217 cm³/mol. The van der Waals surface area contributed by atoms with E-state index in [0.29, 0.717) is 22.8 Å². The van der Waals surface area contributed by atoms with Crippen molar-refractivity contribution < 1.29 is 19.5 Å². The Hall–Kier alpha value is -6.69. The smallest absolute Gasteiger partial charge is 0.164 e. The average Bonchev–Trinajstić information content (AvgIpc) is 3.89. The van der Waals surface area contributed by atoms with Gasteiger partial charge in [0.05, 0.1) is 15.1 Å². The summed E-state index contributed by atoms with van der Waals surface area (Å²) in [4.78, 5) is 15.1. The number of aromatic nitrogens is 3. The van der Waals surface area contributed by atoms with Crippen molar-refractivity contribution in [3.63, 3.8) is 0 Å². The largest absolute Gasteiger partial charge is 0.456 e. The van der Waals surface area contributed by atoms with Gasteiger partial charge in [0, 0.05) is 47.6 Å². The number of benzene rings is 8. The molecule has 0 unspecified atom stereocenters. The van der Waals surface area contributed by atoms with Gasteiger partial charge in [0.15, 0.2) is 17.5 Å². The number of rotatable bonds is 4. The summed E-state index contributed by atoms with van der Waals surface area (Å²) in [5.41, 5.74) is 1.55. The molecule has 5 heteroatoms. The summed E-state index contributed by atoms with van der Waals surface area (Å²) >= 11 is 0.943. The van der Waals surface area contributed by atoms with Gasteiger partial charge >= 0.3 is 0 Å². The third kappa shape index (κ3) is 4.64. The molecular formula is C47H27N3OS. The van der Waals surface area contributed by atoms with Crippen molar-refractivity contribution >= 4 is 75.0 Å². The van der Waals surface area contributed by atoms with E-state index in [-0.39, 0.29) is 101 Å². The topological polar surface area (TPSA) is 51.8 Å². The second-order valence-corrected chi connectivity index (χ2v) is 13.4. The van der Waals surface area contributed by atoms with Crippen LogP contribution >= 0.6 is 11.3 Å². The highest BCUT2D eigenvalue weighted by atomic mass is 32.1. The van der Waals surface area contributed by atoms with E-state index in [1.54, 1.807) is 6.07 Å². The van der Waals surface area contributed by atoms with Gasteiger partial charge < -0.3 is 4.42 Å². The Balaban J connectivity index is 1.29. The van der Waals surface area contributed by atoms with Crippen LogP contribution in [0.1, 0.15) is 15.1 Å². The van der Waals surface area contributed by atoms with Gasteiger partial charge in [-0.2, -0.15) is 0 Å². The molecule has 0 fully saturated rings. The van der Waals surface area contributed by atoms with Crippen molar-refractivity contribution in [2.24, 2.45) is 0 Å². The van der Waals surface area contributed by atoms with E-state index in [1.165, 1.54) is 6.07 Å². The number of para-hydroxylation sites is 1. The molecule has 8 aromatic carbocycles. The Morgan fingerprint density at radius 3 is 1.88 bits per heavy atom. The predicted octanol–water partition coefficient (Wildman–Crippen LogP) is 13.1. The highest BCUT2D eigenvalue weighted by Gasteiger charge is 2.21. The minimum atomic E-state index is -0.515. The van der Waals surface area contributed by atoms with Crippen LogP contribution in [0.2, 0.25) is 0 Å². The lowest BCUT2D eigenvalue weighted by atomic mass is 9.97. The molecule has 0 amide bonds. The summed E-state index contributed by atoms with van der Waals surface area (Å²) < 4.78 is 104. The zero-order chi connectivity index (χ0) is 43.7. The molecule has 3 heterocycles. The van der Waals surface area contributed by atoms with Crippen LogP contribution in [0.3, 0.4) is 0 Å². The van der Waals surface area contributed by atoms with Gasteiger partial charge in [0.25, 0.3) is 0 Å². The van der Waals surface area contributed by atoms with E-state index in [0.717, 1.165) is 32.9 Å². The van der Waals surface area contributed by atoms with Crippen LogP contribution in [0.25, 0.3) is 109 Å². The Morgan fingerprint density at radius 1 is 0.481 bits per heavy atom. The van der Waals surface area contributed by atoms with Crippen molar-refractivity contribution in [1.29, 1.82) is 0 Å². The maximum absolute atomic E-state index is 9.71. The molecule has 0 aliphatic rings. The standard InChI is InChI=1S/C47H27N3OS/c1-3-12-30-24-32(22-20-28(30)10-1)45-48-46(33-23-21-29-11-2-4-13-31(29)25-33)50-47(49-45)39-26-34(27-41-43(39)38-15-5-7-18-40(38)51-41)35-16-9-17-37-36-14-6-8-19-42(36)52-44(35)37/h1-27H/i5D,6D,7D,8D,9D,14D,16D,17D,18D,19D,27D. The fourth-order valence-corrected chi connectivity index (χ4v) is 7.93. The zero-order valence-corrected chi connectivity index (χ0v) is 27.7. The zero-order valence-electron chi connectivity index (χ0n) is 37.9. The highest BCUT2D eigenvalue weighted by molar-refractivity contribution is 7.26. The molecule has 0 bridgehead atoms. The Labute approximate surface area is 317 Å². The molecule has 4 nitrogen and oxygen atoms in total. The van der Waals surface area contributed by atoms with Crippen molar-refractivity contribution in [3.8, 4) is 45.3 Å². The molecule has 0 atom stereocenters. The van der Waals surface area contributed by atoms with E-state index in [9.17, 15) is 2.74 Å². The molecule has 3 aromatic heterocycles. The van der Waals surface area contributed by atoms with Crippen LogP contribution in [0.4, 0.5) is 0 Å². The summed E-state index contributed by atoms with van der Waals surface area (Å²) in [6.45, 7) is 0. The van der Waals surface area contributed by atoms with Crippen molar-refractivity contribution in [1.82, 2.24) is 15.0 Å². The molecule has 0 spiro atoms. The normalized spacial score (nSPS) is 14.8. The second-order valence-electron chi connectivity index (χ2n) is 12.4. The first-order valence-electron chi connectivity index (χ1n) is 21.9. The second kappa shape index (κ2) is 11.4. The van der Waals surface area contributed by atoms with Crippen LogP contribution < -0.4 is 0 Å². The van der Waals surface area contributed by atoms with Crippen LogP contribution in [-0.2, 0) is 0 Å². The third-order valence-electron chi connectivity index (χ3n) is 9.31. The summed E-state index contributed by atoms with van der Waals surface area (Å²) in [7, 11) is 0. The van der Waals surface area contributed by atoms with E-state index < -0.39 is 30.2 Å². The first-order chi connectivity index (χ1) is 30.3. The molecule has 11 aromatic rings. The SMILES string of the molecule is [2H]c1cc2c(oc3c([2H])c(-c4c([2H])c([2H])c([2H])c5c4sc4c([2H])c([2H])c([2H])c([2H])c45)cc(-c4nc(-c5ccc6ccccc6c5)nc(-c5ccc6ccccc6c5)n4)c32)c([2H])c1[2H]. The fourth-order valence-electron chi connectivity index (χ4n) is 6.85. The molecular weight excluding hydrogens is 655 g/mol. The Kier molecular flexibility index (Phi) is 4.44. The number of fused-ring (bicyclic) bond motifs is 8. The maximum Gasteiger partial charge on any atom is 0.164 e. The average molecular weight is 693 g/mol. The highest BCUT2D eigenvalue weighted by Crippen LogP contribution is 2.44. The van der Waals surface area contributed by atoms with Gasteiger partial charge in [-0.15, -0.1) is 11.3 Å². The van der Waals surface area contributed by atoms with Crippen LogP contribution in [0.15, 0.2) is 168 Å². The Morgan fingerprint density at radius 2 is 1.13 bits per heavy atom. The third-order valence-corrected chi connectivity index (χ3v) is 10.4. The van der Waals surface area contributed by atoms with Crippen LogP contribution in [0, 0.1) is 0 Å². The van der Waals surface area contributed by atoms with Crippen molar-refractivity contribution in [2.75, 3.05) is 0 Å². The molecule has 0 saturated heterocycles. The monoisotopic (exact) mass is 692 g/mol. The van der Waals surface area contributed by atoms with Gasteiger partial charge in [0.2, 0.25) is 0 Å². The van der Waals surface area contributed by atoms with Crippen molar-refractivity contribution in [3.05, 3.63) is 164 Å². The van der Waals surface area contributed by atoms with E-state index in [2.05, 4.69) is 0 Å². The number of furan rings is 1. The molecule has 52 heavy (non-hydrogen) atoms. The Bertz CT molecular complexity index is 3750. The number of hydrogen-bond acceptors (Lipinski definition) is 5. The number of thiophene rings is 1. The minimum Gasteiger partial charge on any atom is -0.456 e. The first-order valence-corrected chi connectivity index (χ1v) is 17.3. The molecule has 242 valence electrons. The molecule has 0 radical (unpaired) electrons. The summed E-state index contributed by atoms with van der Waals surface area (Å²) in [6, 6.07) is 26.2. The molecule has 11 rings (SSSR count). The molecule has 0 aliphatic carbocycles.